The summed E-state index contributed by atoms with van der Waals surface area (Å²) in [5.41, 5.74) is 6.53. The highest BCUT2D eigenvalue weighted by atomic mass is 16.5. The Labute approximate surface area is 208 Å². The highest BCUT2D eigenvalue weighted by molar-refractivity contribution is 6.61. The lowest BCUT2D eigenvalue weighted by Crippen LogP contribution is -2.12. The lowest BCUT2D eigenvalue weighted by atomic mass is 10.0. The van der Waals surface area contributed by atoms with Crippen molar-refractivity contribution in [3.8, 4) is 0 Å². The molecule has 0 amide bonds. The number of carbonyl (C=O) groups excluding carboxylic acids is 2. The summed E-state index contributed by atoms with van der Waals surface area (Å²) in [6.07, 6.45) is 0. The topological polar surface area (TPSA) is 77.3 Å². The van der Waals surface area contributed by atoms with E-state index in [0.29, 0.717) is 33.9 Å². The van der Waals surface area contributed by atoms with Crippen LogP contribution in [0.4, 0.5) is 11.4 Å². The van der Waals surface area contributed by atoms with Gasteiger partial charge in [-0.2, -0.15) is 0 Å². The molecule has 0 N–H and O–H groups in total. The number of nitrogens with zero attached hydrogens (tertiary/aromatic N) is 2. The van der Waals surface area contributed by atoms with Crippen LogP contribution in [0.15, 0.2) is 82.8 Å². The standard InChI is InChI=1S/C30H24N2O4/c1-17-9-5-15-22(29(33)35-3)25(17)31-27-20-13-7-11-19-12-8-14-21(24(19)20)28(27)32-26-18(2)10-6-16-23(26)30(34)36-4/h5-16H,1-4H3. The summed E-state index contributed by atoms with van der Waals surface area (Å²) < 4.78 is 10.0. The maximum Gasteiger partial charge on any atom is 0.340 e. The number of para-hydroxylation sites is 2. The maximum absolute atomic E-state index is 12.6. The zero-order valence-electron chi connectivity index (χ0n) is 20.5. The molecule has 1 aliphatic carbocycles. The minimum absolute atomic E-state index is 0.374. The van der Waals surface area contributed by atoms with Crippen LogP contribution in [-0.2, 0) is 9.47 Å². The monoisotopic (exact) mass is 476 g/mol. The summed E-state index contributed by atoms with van der Waals surface area (Å²) in [5, 5.41) is 2.08. The number of methoxy groups -OCH3 is 2. The maximum atomic E-state index is 12.6. The molecule has 5 rings (SSSR count). The van der Waals surface area contributed by atoms with E-state index in [2.05, 4.69) is 0 Å². The van der Waals surface area contributed by atoms with Gasteiger partial charge in [0.2, 0.25) is 0 Å². The Morgan fingerprint density at radius 2 is 1.03 bits per heavy atom. The van der Waals surface area contributed by atoms with Gasteiger partial charge in [0.25, 0.3) is 0 Å². The Hall–Kier alpha value is -4.58. The van der Waals surface area contributed by atoms with Crippen LogP contribution in [0.5, 0.6) is 0 Å². The molecule has 0 aliphatic heterocycles. The van der Waals surface area contributed by atoms with E-state index < -0.39 is 11.9 Å². The molecular formula is C30H24N2O4. The third-order valence-corrected chi connectivity index (χ3v) is 6.37. The number of esters is 2. The highest BCUT2D eigenvalue weighted by Crippen LogP contribution is 2.37. The van der Waals surface area contributed by atoms with Crippen molar-refractivity contribution >= 4 is 45.5 Å². The van der Waals surface area contributed by atoms with Crippen LogP contribution in [0.2, 0.25) is 0 Å². The second-order valence-corrected chi connectivity index (χ2v) is 8.56. The number of benzene rings is 4. The summed E-state index contributed by atoms with van der Waals surface area (Å²) in [7, 11) is 2.71. The van der Waals surface area contributed by atoms with Crippen molar-refractivity contribution in [2.75, 3.05) is 14.2 Å². The molecule has 4 aromatic carbocycles. The summed E-state index contributed by atoms with van der Waals surface area (Å²) in [5.74, 6) is -0.922. The van der Waals surface area contributed by atoms with E-state index in [1.807, 2.05) is 62.4 Å². The normalized spacial score (nSPS) is 14.4. The Kier molecular flexibility index (Phi) is 5.94. The number of hydrogen-bond acceptors (Lipinski definition) is 6. The van der Waals surface area contributed by atoms with E-state index in [1.165, 1.54) is 14.2 Å². The average Bonchev–Trinajstić information content (AvgIpc) is 3.19. The van der Waals surface area contributed by atoms with Gasteiger partial charge in [-0.25, -0.2) is 19.6 Å². The first kappa shape index (κ1) is 23.2. The first-order chi connectivity index (χ1) is 17.4. The minimum atomic E-state index is -0.461. The number of carbonyl (C=O) groups is 2. The van der Waals surface area contributed by atoms with Gasteiger partial charge >= 0.3 is 11.9 Å². The number of hydrogen-bond donors (Lipinski definition) is 0. The molecule has 0 spiro atoms. The van der Waals surface area contributed by atoms with Gasteiger partial charge in [0.15, 0.2) is 0 Å². The molecule has 0 heterocycles. The third-order valence-electron chi connectivity index (χ3n) is 6.37. The predicted octanol–water partition coefficient (Wildman–Crippen LogP) is 6.29. The van der Waals surface area contributed by atoms with Crippen LogP contribution in [0.3, 0.4) is 0 Å². The van der Waals surface area contributed by atoms with E-state index in [9.17, 15) is 9.59 Å². The Bertz CT molecular complexity index is 1500. The lowest BCUT2D eigenvalue weighted by Gasteiger charge is -2.11. The average molecular weight is 477 g/mol. The van der Waals surface area contributed by atoms with Crippen molar-refractivity contribution in [2.24, 2.45) is 9.98 Å². The molecule has 1 aliphatic rings. The first-order valence-corrected chi connectivity index (χ1v) is 11.5. The van der Waals surface area contributed by atoms with Crippen molar-refractivity contribution in [3.05, 3.63) is 106 Å². The molecule has 36 heavy (non-hydrogen) atoms. The fourth-order valence-corrected chi connectivity index (χ4v) is 4.60. The molecule has 0 aromatic heterocycles. The zero-order chi connectivity index (χ0) is 25.4. The van der Waals surface area contributed by atoms with Crippen molar-refractivity contribution in [3.63, 3.8) is 0 Å². The minimum Gasteiger partial charge on any atom is -0.465 e. The van der Waals surface area contributed by atoms with E-state index in [1.54, 1.807) is 24.3 Å². The Morgan fingerprint density at radius 1 is 0.611 bits per heavy atom. The fraction of sp³-hybridized carbons (Fsp3) is 0.133. The second kappa shape index (κ2) is 9.23. The molecule has 6 nitrogen and oxygen atoms in total. The SMILES string of the molecule is COC(=O)c1cccc(C)c1N=C1C(=Nc2c(C)cccc2C(=O)OC)c2cccc3cccc1c23. The van der Waals surface area contributed by atoms with E-state index >= 15 is 0 Å². The predicted molar refractivity (Wildman–Crippen MR) is 141 cm³/mol. The number of ether oxygens (including phenoxy) is 2. The number of rotatable bonds is 4. The Morgan fingerprint density at radius 3 is 1.44 bits per heavy atom. The van der Waals surface area contributed by atoms with E-state index in [4.69, 9.17) is 19.5 Å². The Balaban J connectivity index is 1.84. The van der Waals surface area contributed by atoms with Gasteiger partial charge in [0, 0.05) is 16.5 Å². The summed E-state index contributed by atoms with van der Waals surface area (Å²) in [4.78, 5) is 35.2. The summed E-state index contributed by atoms with van der Waals surface area (Å²) in [6.45, 7) is 3.81. The largest absolute Gasteiger partial charge is 0.465 e. The van der Waals surface area contributed by atoms with Gasteiger partial charge in [0.1, 0.15) is 0 Å². The summed E-state index contributed by atoms with van der Waals surface area (Å²) >= 11 is 0. The fourth-order valence-electron chi connectivity index (χ4n) is 4.60. The summed E-state index contributed by atoms with van der Waals surface area (Å²) in [6, 6.07) is 22.9. The van der Waals surface area contributed by atoms with E-state index in [-0.39, 0.29) is 0 Å². The molecule has 0 fully saturated rings. The van der Waals surface area contributed by atoms with Gasteiger partial charge in [-0.3, -0.25) is 0 Å². The van der Waals surface area contributed by atoms with E-state index in [0.717, 1.165) is 33.0 Å². The molecule has 0 unspecified atom stereocenters. The third kappa shape index (κ3) is 3.77. The lowest BCUT2D eigenvalue weighted by molar-refractivity contribution is 0.0592. The van der Waals surface area contributed by atoms with Crippen molar-refractivity contribution in [1.82, 2.24) is 0 Å². The van der Waals surface area contributed by atoms with Gasteiger partial charge in [-0.15, -0.1) is 0 Å². The molecule has 6 heteroatoms. The molecular weight excluding hydrogens is 452 g/mol. The van der Waals surface area contributed by atoms with Crippen LogP contribution in [0.1, 0.15) is 43.0 Å². The van der Waals surface area contributed by atoms with Crippen LogP contribution in [-0.4, -0.2) is 37.6 Å². The number of aliphatic imine (C=N–C) groups is 2. The smallest absolute Gasteiger partial charge is 0.340 e. The van der Waals surface area contributed by atoms with Crippen LogP contribution >= 0.6 is 0 Å². The molecule has 0 atom stereocenters. The van der Waals surface area contributed by atoms with Crippen LogP contribution in [0.25, 0.3) is 10.8 Å². The molecule has 0 saturated heterocycles. The molecule has 0 saturated carbocycles. The van der Waals surface area contributed by atoms with Crippen LogP contribution in [0, 0.1) is 13.8 Å². The van der Waals surface area contributed by atoms with Gasteiger partial charge < -0.3 is 9.47 Å². The van der Waals surface area contributed by atoms with Crippen molar-refractivity contribution in [1.29, 1.82) is 0 Å². The van der Waals surface area contributed by atoms with Gasteiger partial charge in [-0.1, -0.05) is 60.7 Å². The molecule has 4 aromatic rings. The molecule has 178 valence electrons. The van der Waals surface area contributed by atoms with Crippen molar-refractivity contribution < 1.29 is 19.1 Å². The van der Waals surface area contributed by atoms with Crippen molar-refractivity contribution in [2.45, 2.75) is 13.8 Å². The molecule has 0 radical (unpaired) electrons. The number of aryl methyl sites for hydroxylation is 2. The first-order valence-electron chi connectivity index (χ1n) is 11.5. The van der Waals surface area contributed by atoms with Gasteiger partial charge in [0.05, 0.1) is 48.1 Å². The van der Waals surface area contributed by atoms with Gasteiger partial charge in [-0.05, 0) is 42.5 Å². The quantitative estimate of drug-likeness (QED) is 0.325. The molecule has 0 bridgehead atoms. The second-order valence-electron chi connectivity index (χ2n) is 8.56. The highest BCUT2D eigenvalue weighted by Gasteiger charge is 2.29. The zero-order valence-corrected chi connectivity index (χ0v) is 20.5. The van der Waals surface area contributed by atoms with Crippen LogP contribution < -0.4 is 0 Å².